The highest BCUT2D eigenvalue weighted by atomic mass is 19.3. The van der Waals surface area contributed by atoms with Crippen LogP contribution in [0.25, 0.3) is 11.1 Å². The van der Waals surface area contributed by atoms with E-state index in [1.165, 1.54) is 18.2 Å². The average molecular weight is 226 g/mol. The van der Waals surface area contributed by atoms with Crippen LogP contribution >= 0.6 is 0 Å². The summed E-state index contributed by atoms with van der Waals surface area (Å²) in [7, 11) is 1.83. The molecular weight excluding hydrogens is 214 g/mol. The van der Waals surface area contributed by atoms with Crippen molar-refractivity contribution >= 4 is 11.1 Å². The lowest BCUT2D eigenvalue weighted by molar-refractivity contribution is 0.151. The van der Waals surface area contributed by atoms with Crippen LogP contribution in [0.1, 0.15) is 17.9 Å². The van der Waals surface area contributed by atoms with Crippen molar-refractivity contribution in [3.8, 4) is 0 Å². The molecule has 86 valence electrons. The van der Waals surface area contributed by atoms with E-state index in [1.807, 2.05) is 7.05 Å². The van der Waals surface area contributed by atoms with Crippen LogP contribution in [0.4, 0.5) is 8.78 Å². The first kappa shape index (κ1) is 11.0. The zero-order chi connectivity index (χ0) is 11.5. The Kier molecular flexibility index (Phi) is 3.14. The molecular formula is C11H12F2N2O. The predicted molar refractivity (Wildman–Crippen MR) is 56.6 cm³/mol. The van der Waals surface area contributed by atoms with Gasteiger partial charge in [0.1, 0.15) is 5.52 Å². The third kappa shape index (κ3) is 2.19. The van der Waals surface area contributed by atoms with Gasteiger partial charge in [0, 0.05) is 18.5 Å². The van der Waals surface area contributed by atoms with Gasteiger partial charge in [-0.3, -0.25) is 0 Å². The zero-order valence-electron chi connectivity index (χ0n) is 8.84. The van der Waals surface area contributed by atoms with Crippen LogP contribution in [0.3, 0.4) is 0 Å². The number of nitrogens with one attached hydrogen (secondary N) is 1. The molecule has 0 saturated carbocycles. The van der Waals surface area contributed by atoms with Gasteiger partial charge in [0.15, 0.2) is 11.5 Å². The summed E-state index contributed by atoms with van der Waals surface area (Å²) in [5, 5.41) is 2.97. The number of alkyl halides is 2. The Morgan fingerprint density at radius 2 is 2.25 bits per heavy atom. The summed E-state index contributed by atoms with van der Waals surface area (Å²) in [6, 6.07) is 4.26. The second-order valence-corrected chi connectivity index (χ2v) is 3.49. The maximum absolute atomic E-state index is 12.4. The molecule has 2 rings (SSSR count). The summed E-state index contributed by atoms with van der Waals surface area (Å²) in [5.41, 5.74) is 1.01. The van der Waals surface area contributed by atoms with Crippen LogP contribution in [-0.4, -0.2) is 18.6 Å². The van der Waals surface area contributed by atoms with Crippen LogP contribution < -0.4 is 5.32 Å². The molecule has 3 nitrogen and oxygen atoms in total. The standard InChI is InChI=1S/C11H12F2N2O/c1-14-5-4-10-15-8-6-7(11(12)13)2-3-9(8)16-10/h2-3,6,11,14H,4-5H2,1H3. The number of benzene rings is 1. The quantitative estimate of drug-likeness (QED) is 0.870. The first-order valence-electron chi connectivity index (χ1n) is 5.03. The molecule has 0 aliphatic rings. The van der Waals surface area contributed by atoms with Crippen LogP contribution in [0, 0.1) is 0 Å². The topological polar surface area (TPSA) is 38.1 Å². The smallest absolute Gasteiger partial charge is 0.263 e. The Bertz CT molecular complexity index is 482. The lowest BCUT2D eigenvalue weighted by Gasteiger charge is -1.96. The highest BCUT2D eigenvalue weighted by Crippen LogP contribution is 2.24. The number of rotatable bonds is 4. The van der Waals surface area contributed by atoms with Crippen LogP contribution in [-0.2, 0) is 6.42 Å². The zero-order valence-corrected chi connectivity index (χ0v) is 8.84. The van der Waals surface area contributed by atoms with E-state index in [9.17, 15) is 8.78 Å². The molecule has 0 bridgehead atoms. The second kappa shape index (κ2) is 4.57. The minimum atomic E-state index is -2.47. The monoisotopic (exact) mass is 226 g/mol. The van der Waals surface area contributed by atoms with Gasteiger partial charge in [0.2, 0.25) is 0 Å². The fraction of sp³-hybridized carbons (Fsp3) is 0.364. The summed E-state index contributed by atoms with van der Waals surface area (Å²) in [4.78, 5) is 4.15. The number of oxazole rings is 1. The van der Waals surface area contributed by atoms with Crippen molar-refractivity contribution in [1.29, 1.82) is 0 Å². The SMILES string of the molecule is CNCCc1nc2cc(C(F)F)ccc2o1. The lowest BCUT2D eigenvalue weighted by atomic mass is 10.2. The second-order valence-electron chi connectivity index (χ2n) is 3.49. The number of hydrogen-bond acceptors (Lipinski definition) is 3. The average Bonchev–Trinajstić information content (AvgIpc) is 2.67. The largest absolute Gasteiger partial charge is 0.441 e. The first-order valence-corrected chi connectivity index (χ1v) is 5.03. The molecule has 0 atom stereocenters. The molecule has 0 unspecified atom stereocenters. The van der Waals surface area contributed by atoms with Gasteiger partial charge in [-0.25, -0.2) is 13.8 Å². The fourth-order valence-electron chi connectivity index (χ4n) is 1.47. The highest BCUT2D eigenvalue weighted by molar-refractivity contribution is 5.73. The van der Waals surface area contributed by atoms with Gasteiger partial charge in [0.05, 0.1) is 0 Å². The minimum Gasteiger partial charge on any atom is -0.441 e. The number of likely N-dealkylation sites (N-methyl/N-ethyl adjacent to an activating group) is 1. The van der Waals surface area contributed by atoms with Gasteiger partial charge in [0.25, 0.3) is 6.43 Å². The van der Waals surface area contributed by atoms with Gasteiger partial charge in [-0.15, -0.1) is 0 Å². The molecule has 0 aliphatic carbocycles. The molecule has 1 N–H and O–H groups in total. The maximum Gasteiger partial charge on any atom is 0.263 e. The van der Waals surface area contributed by atoms with Crippen LogP contribution in [0.5, 0.6) is 0 Å². The van der Waals surface area contributed by atoms with E-state index in [0.29, 0.717) is 23.4 Å². The summed E-state index contributed by atoms with van der Waals surface area (Å²) in [6.07, 6.45) is -1.82. The van der Waals surface area contributed by atoms with Crippen molar-refractivity contribution in [2.45, 2.75) is 12.8 Å². The Hall–Kier alpha value is -1.49. The van der Waals surface area contributed by atoms with Gasteiger partial charge in [-0.05, 0) is 25.2 Å². The molecule has 5 heteroatoms. The summed E-state index contributed by atoms with van der Waals surface area (Å²) in [5.74, 6) is 0.566. The number of halogens is 2. The minimum absolute atomic E-state index is 0.0269. The van der Waals surface area contributed by atoms with E-state index in [-0.39, 0.29) is 5.56 Å². The third-order valence-corrected chi connectivity index (χ3v) is 2.30. The molecule has 1 aromatic carbocycles. The molecule has 0 fully saturated rings. The Balaban J connectivity index is 2.30. The van der Waals surface area contributed by atoms with Gasteiger partial charge >= 0.3 is 0 Å². The number of nitrogens with zero attached hydrogens (tertiary/aromatic N) is 1. The number of aromatic nitrogens is 1. The summed E-state index contributed by atoms with van der Waals surface area (Å²) in [6.45, 7) is 0.745. The fourth-order valence-corrected chi connectivity index (χ4v) is 1.47. The van der Waals surface area contributed by atoms with Gasteiger partial charge < -0.3 is 9.73 Å². The lowest BCUT2D eigenvalue weighted by Crippen LogP contribution is -2.10. The Morgan fingerprint density at radius 1 is 1.44 bits per heavy atom. The molecule has 1 heterocycles. The number of hydrogen-bond donors (Lipinski definition) is 1. The van der Waals surface area contributed by atoms with E-state index in [2.05, 4.69) is 10.3 Å². The van der Waals surface area contributed by atoms with Crippen molar-refractivity contribution in [1.82, 2.24) is 10.3 Å². The van der Waals surface area contributed by atoms with Crippen molar-refractivity contribution in [2.75, 3.05) is 13.6 Å². The van der Waals surface area contributed by atoms with Crippen molar-refractivity contribution in [3.63, 3.8) is 0 Å². The van der Waals surface area contributed by atoms with E-state index in [1.54, 1.807) is 0 Å². The van der Waals surface area contributed by atoms with Crippen LogP contribution in [0.2, 0.25) is 0 Å². The van der Waals surface area contributed by atoms with Crippen molar-refractivity contribution < 1.29 is 13.2 Å². The van der Waals surface area contributed by atoms with Crippen LogP contribution in [0.15, 0.2) is 22.6 Å². The van der Waals surface area contributed by atoms with Crippen molar-refractivity contribution in [3.05, 3.63) is 29.7 Å². The van der Waals surface area contributed by atoms with E-state index in [4.69, 9.17) is 4.42 Å². The van der Waals surface area contributed by atoms with E-state index < -0.39 is 6.43 Å². The molecule has 1 aromatic heterocycles. The van der Waals surface area contributed by atoms with E-state index >= 15 is 0 Å². The normalized spacial score (nSPS) is 11.5. The molecule has 2 aromatic rings. The molecule has 0 saturated heterocycles. The Labute approximate surface area is 91.5 Å². The number of fused-ring (bicyclic) bond motifs is 1. The van der Waals surface area contributed by atoms with Gasteiger partial charge in [-0.2, -0.15) is 0 Å². The molecule has 0 spiro atoms. The maximum atomic E-state index is 12.4. The summed E-state index contributed by atoms with van der Waals surface area (Å²) < 4.78 is 30.3. The Morgan fingerprint density at radius 3 is 2.94 bits per heavy atom. The first-order chi connectivity index (χ1) is 7.70. The molecule has 0 radical (unpaired) electrons. The predicted octanol–water partition coefficient (Wildman–Crippen LogP) is 2.53. The molecule has 0 amide bonds. The van der Waals surface area contributed by atoms with Crippen molar-refractivity contribution in [2.24, 2.45) is 0 Å². The summed E-state index contributed by atoms with van der Waals surface area (Å²) >= 11 is 0. The molecule has 16 heavy (non-hydrogen) atoms. The molecule has 0 aliphatic heterocycles. The van der Waals surface area contributed by atoms with Gasteiger partial charge in [-0.1, -0.05) is 0 Å². The highest BCUT2D eigenvalue weighted by Gasteiger charge is 2.11. The third-order valence-electron chi connectivity index (χ3n) is 2.30. The van der Waals surface area contributed by atoms with E-state index in [0.717, 1.165) is 6.54 Å².